The molecule has 0 atom stereocenters. The fraction of sp³-hybridized carbons (Fsp3) is 0.174. The number of furan rings is 1. The number of carbonyl (C=O) groups excluding carboxylic acids is 1. The predicted molar refractivity (Wildman–Crippen MR) is 124 cm³/mol. The molecule has 8 heteroatoms. The van der Waals surface area contributed by atoms with E-state index < -0.39 is 0 Å². The molecular formula is C23H20N4O2S2. The van der Waals surface area contributed by atoms with E-state index in [2.05, 4.69) is 15.3 Å². The van der Waals surface area contributed by atoms with Crippen LogP contribution in [-0.4, -0.2) is 20.3 Å². The monoisotopic (exact) mass is 448 g/mol. The summed E-state index contributed by atoms with van der Waals surface area (Å²) in [5, 5.41) is 5.95. The van der Waals surface area contributed by atoms with Gasteiger partial charge in [0.15, 0.2) is 5.76 Å². The standard InChI is InChI=1S/C23H20N4O2S2/c1-14-12-30-23(25-14)31-13-18-17-7-3-4-8-19(17)29-21(18)22(28)24-10-16-11-27-15(2)6-5-9-20(27)26-16/h3-9,11-12H,10,13H2,1-2H3,(H,24,28). The summed E-state index contributed by atoms with van der Waals surface area (Å²) in [5.41, 5.74) is 5.36. The number of hydrogen-bond acceptors (Lipinski definition) is 6. The van der Waals surface area contributed by atoms with Crippen molar-refractivity contribution in [2.45, 2.75) is 30.5 Å². The molecule has 0 bridgehead atoms. The summed E-state index contributed by atoms with van der Waals surface area (Å²) in [7, 11) is 0. The summed E-state index contributed by atoms with van der Waals surface area (Å²) in [4.78, 5) is 22.1. The molecule has 6 nitrogen and oxygen atoms in total. The summed E-state index contributed by atoms with van der Waals surface area (Å²) in [6, 6.07) is 13.7. The molecule has 31 heavy (non-hydrogen) atoms. The second kappa shape index (κ2) is 8.20. The van der Waals surface area contributed by atoms with E-state index in [0.29, 0.717) is 23.6 Å². The number of nitrogens with one attached hydrogen (secondary N) is 1. The van der Waals surface area contributed by atoms with Crippen LogP contribution in [0.5, 0.6) is 0 Å². The zero-order chi connectivity index (χ0) is 21.4. The quantitative estimate of drug-likeness (QED) is 0.353. The van der Waals surface area contributed by atoms with Gasteiger partial charge in [0, 0.05) is 39.7 Å². The van der Waals surface area contributed by atoms with Crippen LogP contribution in [0.2, 0.25) is 0 Å². The van der Waals surface area contributed by atoms with Crippen LogP contribution in [0.3, 0.4) is 0 Å². The highest BCUT2D eigenvalue weighted by molar-refractivity contribution is 8.00. The summed E-state index contributed by atoms with van der Waals surface area (Å²) in [6.07, 6.45) is 1.95. The maximum Gasteiger partial charge on any atom is 0.287 e. The molecule has 0 saturated carbocycles. The zero-order valence-electron chi connectivity index (χ0n) is 17.1. The number of aromatic nitrogens is 3. The molecule has 1 N–H and O–H groups in total. The minimum Gasteiger partial charge on any atom is -0.451 e. The first-order valence-electron chi connectivity index (χ1n) is 9.85. The Morgan fingerprint density at radius 3 is 2.84 bits per heavy atom. The van der Waals surface area contributed by atoms with Crippen LogP contribution < -0.4 is 5.32 Å². The molecule has 0 aliphatic carbocycles. The number of benzene rings is 1. The Bertz CT molecular complexity index is 1400. The smallest absolute Gasteiger partial charge is 0.287 e. The van der Waals surface area contributed by atoms with Crippen LogP contribution >= 0.6 is 23.1 Å². The van der Waals surface area contributed by atoms with Gasteiger partial charge in [-0.25, -0.2) is 9.97 Å². The predicted octanol–water partition coefficient (Wildman–Crippen LogP) is 5.38. The van der Waals surface area contributed by atoms with Crippen LogP contribution in [-0.2, 0) is 12.3 Å². The van der Waals surface area contributed by atoms with Gasteiger partial charge < -0.3 is 14.1 Å². The molecule has 0 spiro atoms. The third-order valence-electron chi connectivity index (χ3n) is 5.02. The second-order valence-corrected chi connectivity index (χ2v) is 9.34. The first-order valence-corrected chi connectivity index (χ1v) is 11.7. The molecular weight excluding hydrogens is 428 g/mol. The molecule has 4 aromatic heterocycles. The van der Waals surface area contributed by atoms with E-state index >= 15 is 0 Å². The van der Waals surface area contributed by atoms with E-state index in [0.717, 1.165) is 38.0 Å². The molecule has 156 valence electrons. The Hall–Kier alpha value is -3.10. The van der Waals surface area contributed by atoms with Gasteiger partial charge in [0.1, 0.15) is 15.6 Å². The van der Waals surface area contributed by atoms with Gasteiger partial charge in [-0.05, 0) is 32.0 Å². The van der Waals surface area contributed by atoms with Crippen LogP contribution in [0, 0.1) is 13.8 Å². The lowest BCUT2D eigenvalue weighted by Gasteiger charge is -2.04. The number of fused-ring (bicyclic) bond motifs is 2. The van der Waals surface area contributed by atoms with Gasteiger partial charge in [0.05, 0.1) is 12.2 Å². The Labute approximate surface area is 187 Å². The van der Waals surface area contributed by atoms with Crippen molar-refractivity contribution in [2.75, 3.05) is 0 Å². The SMILES string of the molecule is Cc1csc(SCc2c(C(=O)NCc3cn4c(C)cccc4n3)oc3ccccc23)n1. The highest BCUT2D eigenvalue weighted by Crippen LogP contribution is 2.33. The van der Waals surface area contributed by atoms with Crippen molar-refractivity contribution in [3.05, 3.63) is 82.4 Å². The maximum absolute atomic E-state index is 13.0. The normalized spacial score (nSPS) is 11.4. The molecule has 0 radical (unpaired) electrons. The van der Waals surface area contributed by atoms with Gasteiger partial charge in [0.25, 0.3) is 5.91 Å². The number of para-hydroxylation sites is 1. The molecule has 4 heterocycles. The van der Waals surface area contributed by atoms with E-state index in [-0.39, 0.29) is 5.91 Å². The fourth-order valence-electron chi connectivity index (χ4n) is 3.49. The number of rotatable bonds is 6. The summed E-state index contributed by atoms with van der Waals surface area (Å²) in [6.45, 7) is 4.34. The van der Waals surface area contributed by atoms with Crippen molar-refractivity contribution in [3.63, 3.8) is 0 Å². The molecule has 5 aromatic rings. The zero-order valence-corrected chi connectivity index (χ0v) is 18.7. The number of hydrogen-bond donors (Lipinski definition) is 1. The molecule has 0 aliphatic heterocycles. The molecule has 1 aromatic carbocycles. The summed E-state index contributed by atoms with van der Waals surface area (Å²) < 4.78 is 8.95. The van der Waals surface area contributed by atoms with Crippen molar-refractivity contribution < 1.29 is 9.21 Å². The maximum atomic E-state index is 13.0. The molecule has 0 unspecified atom stereocenters. The van der Waals surface area contributed by atoms with Gasteiger partial charge in [-0.2, -0.15) is 0 Å². The van der Waals surface area contributed by atoms with Crippen LogP contribution in [0.25, 0.3) is 16.6 Å². The highest BCUT2D eigenvalue weighted by atomic mass is 32.2. The van der Waals surface area contributed by atoms with Crippen molar-refractivity contribution in [3.8, 4) is 0 Å². The van der Waals surface area contributed by atoms with E-state index in [1.54, 1.807) is 23.1 Å². The van der Waals surface area contributed by atoms with E-state index in [4.69, 9.17) is 4.42 Å². The highest BCUT2D eigenvalue weighted by Gasteiger charge is 2.21. The van der Waals surface area contributed by atoms with Crippen LogP contribution in [0.1, 0.15) is 33.2 Å². The van der Waals surface area contributed by atoms with Gasteiger partial charge in [-0.1, -0.05) is 36.0 Å². The Balaban J connectivity index is 1.38. The first kappa shape index (κ1) is 19.8. The lowest BCUT2D eigenvalue weighted by atomic mass is 10.1. The van der Waals surface area contributed by atoms with Crippen LogP contribution in [0.4, 0.5) is 0 Å². The van der Waals surface area contributed by atoms with Crippen molar-refractivity contribution in [1.82, 2.24) is 19.7 Å². The van der Waals surface area contributed by atoms with Crippen LogP contribution in [0.15, 0.2) is 62.8 Å². The Morgan fingerprint density at radius 1 is 1.16 bits per heavy atom. The third-order valence-corrected chi connectivity index (χ3v) is 7.18. The average Bonchev–Trinajstić information content (AvgIpc) is 3.47. The Morgan fingerprint density at radius 2 is 2.03 bits per heavy atom. The minimum absolute atomic E-state index is 0.240. The number of amides is 1. The number of thiazole rings is 1. The number of imidazole rings is 1. The lowest BCUT2D eigenvalue weighted by molar-refractivity contribution is 0.0924. The molecule has 0 aliphatic rings. The molecule has 0 saturated heterocycles. The van der Waals surface area contributed by atoms with Gasteiger partial charge in [-0.15, -0.1) is 11.3 Å². The van der Waals surface area contributed by atoms with Crippen molar-refractivity contribution in [2.24, 2.45) is 0 Å². The fourth-order valence-corrected chi connectivity index (χ4v) is 5.37. The van der Waals surface area contributed by atoms with E-state index in [1.165, 1.54) is 0 Å². The largest absolute Gasteiger partial charge is 0.451 e. The summed E-state index contributed by atoms with van der Waals surface area (Å²) in [5.74, 6) is 0.720. The first-order chi connectivity index (χ1) is 15.1. The second-order valence-electron chi connectivity index (χ2n) is 7.26. The average molecular weight is 449 g/mol. The molecule has 5 rings (SSSR count). The lowest BCUT2D eigenvalue weighted by Crippen LogP contribution is -2.23. The topological polar surface area (TPSA) is 72.4 Å². The van der Waals surface area contributed by atoms with E-state index in [9.17, 15) is 4.79 Å². The number of aryl methyl sites for hydroxylation is 2. The molecule has 0 fully saturated rings. The third kappa shape index (κ3) is 3.96. The minimum atomic E-state index is -0.240. The molecule has 1 amide bonds. The van der Waals surface area contributed by atoms with E-state index in [1.807, 2.05) is 72.3 Å². The number of carbonyl (C=O) groups is 1. The van der Waals surface area contributed by atoms with Gasteiger partial charge >= 0.3 is 0 Å². The number of thioether (sulfide) groups is 1. The van der Waals surface area contributed by atoms with Gasteiger partial charge in [-0.3, -0.25) is 4.79 Å². The summed E-state index contributed by atoms with van der Waals surface area (Å²) >= 11 is 3.23. The van der Waals surface area contributed by atoms with Gasteiger partial charge in [0.2, 0.25) is 0 Å². The number of nitrogens with zero attached hydrogens (tertiary/aromatic N) is 3. The van der Waals surface area contributed by atoms with Crippen molar-refractivity contribution >= 4 is 45.6 Å². The number of pyridine rings is 1. The Kier molecular flexibility index (Phi) is 5.25. The van der Waals surface area contributed by atoms with Crippen molar-refractivity contribution in [1.29, 1.82) is 0 Å².